The van der Waals surface area contributed by atoms with Gasteiger partial charge in [0.2, 0.25) is 0 Å². The lowest BCUT2D eigenvalue weighted by atomic mass is 9.93. The number of aromatic amines is 1. The number of halogens is 1. The van der Waals surface area contributed by atoms with Gasteiger partial charge in [0.15, 0.2) is 0 Å². The molecule has 8 nitrogen and oxygen atoms in total. The molecular formula is C33H24FN5O3. The summed E-state index contributed by atoms with van der Waals surface area (Å²) in [4.78, 5) is 45.6. The van der Waals surface area contributed by atoms with Crippen LogP contribution in [0.25, 0.3) is 32.9 Å². The average Bonchev–Trinajstić information content (AvgIpc) is 3.37. The Morgan fingerprint density at radius 3 is 2.31 bits per heavy atom. The van der Waals surface area contributed by atoms with E-state index in [2.05, 4.69) is 20.6 Å². The van der Waals surface area contributed by atoms with Gasteiger partial charge in [0.25, 0.3) is 17.7 Å². The van der Waals surface area contributed by atoms with Crippen molar-refractivity contribution in [1.82, 2.24) is 9.97 Å². The Kier molecular flexibility index (Phi) is 6.68. The van der Waals surface area contributed by atoms with Crippen LogP contribution < -0.4 is 16.4 Å². The molecular weight excluding hydrogens is 533 g/mol. The third-order valence-electron chi connectivity index (χ3n) is 7.17. The van der Waals surface area contributed by atoms with Crippen LogP contribution in [0.5, 0.6) is 0 Å². The maximum Gasteiger partial charge on any atom is 0.256 e. The highest BCUT2D eigenvalue weighted by molar-refractivity contribution is 6.21. The molecule has 0 saturated heterocycles. The topological polar surface area (TPSA) is 130 Å². The molecule has 6 rings (SSSR count). The molecule has 0 aliphatic heterocycles. The number of aromatic nitrogens is 2. The summed E-state index contributed by atoms with van der Waals surface area (Å²) >= 11 is 0. The molecule has 0 spiro atoms. The number of pyridine rings is 1. The van der Waals surface area contributed by atoms with Gasteiger partial charge < -0.3 is 21.4 Å². The van der Waals surface area contributed by atoms with Crippen molar-refractivity contribution in [3.05, 3.63) is 125 Å². The fourth-order valence-corrected chi connectivity index (χ4v) is 5.07. The van der Waals surface area contributed by atoms with Crippen LogP contribution in [0.3, 0.4) is 0 Å². The average molecular weight is 558 g/mol. The SMILES string of the molecule is Cc1c(NC(=O)c2ccc(F)cc2)cccc1-c1ccc(C(N)=O)c2[nH]c3cc(C(=O)Nc4ccccn4)ccc3c12. The molecule has 0 bridgehead atoms. The zero-order chi connectivity index (χ0) is 29.4. The Morgan fingerprint density at radius 1 is 0.810 bits per heavy atom. The molecule has 0 saturated carbocycles. The second-order valence-corrected chi connectivity index (χ2v) is 9.77. The van der Waals surface area contributed by atoms with Crippen molar-refractivity contribution < 1.29 is 18.8 Å². The second kappa shape index (κ2) is 10.6. The molecule has 0 aliphatic rings. The monoisotopic (exact) mass is 557 g/mol. The minimum Gasteiger partial charge on any atom is -0.366 e. The molecule has 9 heteroatoms. The summed E-state index contributed by atoms with van der Waals surface area (Å²) in [5, 5.41) is 7.23. The molecule has 0 aliphatic carbocycles. The number of nitrogens with one attached hydrogen (secondary N) is 3. The van der Waals surface area contributed by atoms with Crippen LogP contribution in [-0.2, 0) is 0 Å². The Labute approximate surface area is 239 Å². The molecule has 6 aromatic rings. The summed E-state index contributed by atoms with van der Waals surface area (Å²) in [5.41, 5.74) is 11.0. The standard InChI is InChI=1S/C33H24FN5O3/c1-18-22(5-4-6-26(18)38-32(41)19-8-11-21(34)12-9-19)23-14-15-25(31(35)40)30-29(23)24-13-10-20(17-27(24)37-30)33(42)39-28-7-2-3-16-36-28/h2-17,37H,1H3,(H2,35,40)(H,38,41)(H,36,39,42). The number of anilines is 2. The predicted octanol–water partition coefficient (Wildman–Crippen LogP) is 6.43. The number of carbonyl (C=O) groups is 3. The van der Waals surface area contributed by atoms with Crippen molar-refractivity contribution >= 4 is 51.0 Å². The van der Waals surface area contributed by atoms with Crippen molar-refractivity contribution in [2.24, 2.45) is 5.73 Å². The van der Waals surface area contributed by atoms with E-state index in [1.807, 2.05) is 31.2 Å². The lowest BCUT2D eigenvalue weighted by molar-refractivity contribution is 0.0997. The largest absolute Gasteiger partial charge is 0.366 e. The maximum atomic E-state index is 13.3. The first-order valence-electron chi connectivity index (χ1n) is 13.1. The van der Waals surface area contributed by atoms with Gasteiger partial charge in [-0.3, -0.25) is 14.4 Å². The summed E-state index contributed by atoms with van der Waals surface area (Å²) in [6, 6.07) is 24.8. The van der Waals surface area contributed by atoms with Crippen LogP contribution in [0.2, 0.25) is 0 Å². The molecule has 2 aromatic heterocycles. The lowest BCUT2D eigenvalue weighted by Crippen LogP contribution is -2.13. The zero-order valence-electron chi connectivity index (χ0n) is 22.4. The van der Waals surface area contributed by atoms with Crippen LogP contribution >= 0.6 is 0 Å². The fraction of sp³-hybridized carbons (Fsp3) is 0.0303. The first kappa shape index (κ1) is 26.4. The minimum atomic E-state index is -0.594. The van der Waals surface area contributed by atoms with Gasteiger partial charge in [-0.25, -0.2) is 9.37 Å². The van der Waals surface area contributed by atoms with Gasteiger partial charge in [0, 0.05) is 39.3 Å². The van der Waals surface area contributed by atoms with Gasteiger partial charge in [-0.05, 0) is 84.3 Å². The van der Waals surface area contributed by atoms with E-state index in [1.165, 1.54) is 24.3 Å². The molecule has 3 amide bonds. The van der Waals surface area contributed by atoms with Crippen LogP contribution in [0.15, 0.2) is 97.2 Å². The highest BCUT2D eigenvalue weighted by Crippen LogP contribution is 2.39. The third kappa shape index (κ3) is 4.84. The van der Waals surface area contributed by atoms with Gasteiger partial charge in [-0.15, -0.1) is 0 Å². The van der Waals surface area contributed by atoms with Crippen molar-refractivity contribution in [1.29, 1.82) is 0 Å². The lowest BCUT2D eigenvalue weighted by Gasteiger charge is -2.15. The number of nitrogens with two attached hydrogens (primary N) is 1. The van der Waals surface area contributed by atoms with E-state index in [0.717, 1.165) is 27.5 Å². The smallest absolute Gasteiger partial charge is 0.256 e. The Morgan fingerprint density at radius 2 is 1.57 bits per heavy atom. The summed E-state index contributed by atoms with van der Waals surface area (Å²) < 4.78 is 13.3. The van der Waals surface area contributed by atoms with Crippen molar-refractivity contribution in [3.63, 3.8) is 0 Å². The number of hydrogen-bond acceptors (Lipinski definition) is 4. The predicted molar refractivity (Wildman–Crippen MR) is 161 cm³/mol. The molecule has 206 valence electrons. The minimum absolute atomic E-state index is 0.308. The first-order valence-corrected chi connectivity index (χ1v) is 13.1. The van der Waals surface area contributed by atoms with Crippen LogP contribution in [0.4, 0.5) is 15.9 Å². The number of benzene rings is 4. The zero-order valence-corrected chi connectivity index (χ0v) is 22.4. The van der Waals surface area contributed by atoms with E-state index in [9.17, 15) is 18.8 Å². The van der Waals surface area contributed by atoms with E-state index >= 15 is 0 Å². The molecule has 5 N–H and O–H groups in total. The molecule has 0 atom stereocenters. The second-order valence-electron chi connectivity index (χ2n) is 9.77. The third-order valence-corrected chi connectivity index (χ3v) is 7.17. The van der Waals surface area contributed by atoms with Gasteiger partial charge in [0.05, 0.1) is 11.1 Å². The number of primary amides is 1. The summed E-state index contributed by atoms with van der Waals surface area (Å²) in [6.07, 6.45) is 1.59. The van der Waals surface area contributed by atoms with E-state index in [4.69, 9.17) is 5.73 Å². The normalized spacial score (nSPS) is 11.0. The summed E-state index contributed by atoms with van der Waals surface area (Å²) in [6.45, 7) is 1.89. The van der Waals surface area contributed by atoms with Crippen molar-refractivity contribution in [2.45, 2.75) is 6.92 Å². The number of nitrogens with zero attached hydrogens (tertiary/aromatic N) is 1. The van der Waals surface area contributed by atoms with E-state index in [-0.39, 0.29) is 11.8 Å². The van der Waals surface area contributed by atoms with Crippen molar-refractivity contribution in [3.8, 4) is 11.1 Å². The van der Waals surface area contributed by atoms with Gasteiger partial charge in [-0.2, -0.15) is 0 Å². The molecule has 0 unspecified atom stereocenters. The molecule has 2 heterocycles. The molecule has 0 fully saturated rings. The quantitative estimate of drug-likeness (QED) is 0.188. The summed E-state index contributed by atoms with van der Waals surface area (Å²) in [7, 11) is 0. The van der Waals surface area contributed by atoms with Crippen LogP contribution in [-0.4, -0.2) is 27.7 Å². The highest BCUT2D eigenvalue weighted by Gasteiger charge is 2.20. The number of amides is 3. The number of H-pyrrole nitrogens is 1. The van der Waals surface area contributed by atoms with E-state index in [0.29, 0.717) is 39.2 Å². The fourth-order valence-electron chi connectivity index (χ4n) is 5.07. The van der Waals surface area contributed by atoms with Gasteiger partial charge in [-0.1, -0.05) is 30.3 Å². The van der Waals surface area contributed by atoms with Crippen molar-refractivity contribution in [2.75, 3.05) is 10.6 Å². The first-order chi connectivity index (χ1) is 20.3. The van der Waals surface area contributed by atoms with Gasteiger partial charge >= 0.3 is 0 Å². The number of carbonyl (C=O) groups excluding carboxylic acids is 3. The molecule has 0 radical (unpaired) electrons. The highest BCUT2D eigenvalue weighted by atomic mass is 19.1. The Balaban J connectivity index is 1.44. The van der Waals surface area contributed by atoms with E-state index < -0.39 is 11.7 Å². The van der Waals surface area contributed by atoms with Gasteiger partial charge in [0.1, 0.15) is 11.6 Å². The maximum absolute atomic E-state index is 13.3. The molecule has 4 aromatic carbocycles. The number of hydrogen-bond donors (Lipinski definition) is 4. The Bertz CT molecular complexity index is 2020. The summed E-state index contributed by atoms with van der Waals surface area (Å²) in [5.74, 6) is -1.28. The van der Waals surface area contributed by atoms with Crippen LogP contribution in [0.1, 0.15) is 36.6 Å². The Hall–Kier alpha value is -5.83. The number of rotatable bonds is 6. The van der Waals surface area contributed by atoms with E-state index in [1.54, 1.807) is 48.7 Å². The molecule has 42 heavy (non-hydrogen) atoms. The van der Waals surface area contributed by atoms with Crippen LogP contribution in [0, 0.1) is 12.7 Å². The number of fused-ring (bicyclic) bond motifs is 3.